The highest BCUT2D eigenvalue weighted by Gasteiger charge is 1.80. The molecule has 0 aliphatic rings. The van der Waals surface area contributed by atoms with E-state index in [9.17, 15) is 0 Å². The smallest absolute Gasteiger partial charge is 0.128 e. The second kappa shape index (κ2) is 4.41. The number of rotatable bonds is 2. The van der Waals surface area contributed by atoms with Crippen LogP contribution < -0.4 is 5.73 Å². The van der Waals surface area contributed by atoms with Crippen LogP contribution in [-0.4, -0.2) is 6.72 Å². The Bertz CT molecular complexity index is 156. The van der Waals surface area contributed by atoms with E-state index in [2.05, 4.69) is 11.7 Å². The van der Waals surface area contributed by atoms with Crippen LogP contribution in [0.4, 0.5) is 0 Å². The summed E-state index contributed by atoms with van der Waals surface area (Å²) in [6.45, 7) is 3.18. The second-order valence-electron chi connectivity index (χ2n) is 1.20. The summed E-state index contributed by atoms with van der Waals surface area (Å²) in [5.41, 5.74) is 5.06. The molecule has 0 amide bonds. The number of aliphatic imine (C=N–C) groups is 1. The molecule has 0 bridgehead atoms. The summed E-state index contributed by atoms with van der Waals surface area (Å²) in [4.78, 5) is 3.38. The van der Waals surface area contributed by atoms with E-state index >= 15 is 0 Å². The number of allylic oxidation sites excluding steroid dienone is 2. The van der Waals surface area contributed by atoms with Crippen molar-refractivity contribution in [1.82, 2.24) is 0 Å². The molecule has 9 heavy (non-hydrogen) atoms. The van der Waals surface area contributed by atoms with Crippen molar-refractivity contribution in [3.05, 3.63) is 22.5 Å². The van der Waals surface area contributed by atoms with Crippen LogP contribution >= 0.6 is 23.2 Å². The zero-order valence-electron chi connectivity index (χ0n) is 4.64. The van der Waals surface area contributed by atoms with E-state index in [4.69, 9.17) is 28.9 Å². The summed E-state index contributed by atoms with van der Waals surface area (Å²) >= 11 is 10.6. The fourth-order valence-electron chi connectivity index (χ4n) is 0.201. The molecule has 4 heteroatoms. The molecule has 0 radical (unpaired) electrons. The van der Waals surface area contributed by atoms with Crippen LogP contribution in [0.15, 0.2) is 27.5 Å². The molecule has 0 saturated carbocycles. The van der Waals surface area contributed by atoms with Crippen molar-refractivity contribution in [2.24, 2.45) is 10.7 Å². The predicted molar refractivity (Wildman–Crippen MR) is 41.6 cm³/mol. The van der Waals surface area contributed by atoms with Crippen LogP contribution in [-0.2, 0) is 0 Å². The summed E-state index contributed by atoms with van der Waals surface area (Å²) in [5.74, 6) is 0. The molecule has 0 fully saturated rings. The van der Waals surface area contributed by atoms with Crippen LogP contribution in [0, 0.1) is 0 Å². The first-order valence-corrected chi connectivity index (χ1v) is 2.87. The van der Waals surface area contributed by atoms with Crippen LogP contribution in [0.25, 0.3) is 0 Å². The summed E-state index contributed by atoms with van der Waals surface area (Å²) in [5, 5.41) is 0.426. The minimum Gasteiger partial charge on any atom is -0.389 e. The SMILES string of the molecule is C=N/C(Cl)=C\C=C(/N)Cl. The van der Waals surface area contributed by atoms with Gasteiger partial charge in [0, 0.05) is 0 Å². The zero-order valence-corrected chi connectivity index (χ0v) is 6.15. The first-order chi connectivity index (χ1) is 4.16. The Kier molecular flexibility index (Phi) is 4.18. The highest BCUT2D eigenvalue weighted by Crippen LogP contribution is 2.02. The van der Waals surface area contributed by atoms with Crippen molar-refractivity contribution in [2.45, 2.75) is 0 Å². The fraction of sp³-hybridized carbons (Fsp3) is 0. The predicted octanol–water partition coefficient (Wildman–Crippen LogP) is 1.81. The Balaban J connectivity index is 3.98. The average Bonchev–Trinajstić information content (AvgIpc) is 1.83. The average molecular weight is 165 g/mol. The maximum absolute atomic E-state index is 5.38. The van der Waals surface area contributed by atoms with Gasteiger partial charge in [0.1, 0.15) is 5.16 Å². The summed E-state index contributed by atoms with van der Waals surface area (Å²) in [6, 6.07) is 0. The first-order valence-electron chi connectivity index (χ1n) is 2.12. The Hall–Kier alpha value is -0.470. The Morgan fingerprint density at radius 1 is 1.44 bits per heavy atom. The van der Waals surface area contributed by atoms with Crippen molar-refractivity contribution >= 4 is 29.9 Å². The lowest BCUT2D eigenvalue weighted by atomic mass is 10.6. The number of hydrogen-bond acceptors (Lipinski definition) is 2. The van der Waals surface area contributed by atoms with Crippen LogP contribution in [0.3, 0.4) is 0 Å². The van der Waals surface area contributed by atoms with Crippen LogP contribution in [0.1, 0.15) is 0 Å². The van der Waals surface area contributed by atoms with Gasteiger partial charge in [-0.1, -0.05) is 23.2 Å². The van der Waals surface area contributed by atoms with Crippen molar-refractivity contribution in [3.63, 3.8) is 0 Å². The quantitative estimate of drug-likeness (QED) is 0.378. The van der Waals surface area contributed by atoms with Gasteiger partial charge in [-0.05, 0) is 18.9 Å². The molecule has 0 spiro atoms. The molecule has 50 valence electrons. The van der Waals surface area contributed by atoms with Gasteiger partial charge >= 0.3 is 0 Å². The minimum atomic E-state index is 0.164. The molecule has 0 aliphatic heterocycles. The third-order valence-electron chi connectivity index (χ3n) is 0.531. The monoisotopic (exact) mass is 164 g/mol. The van der Waals surface area contributed by atoms with Gasteiger partial charge in [0.05, 0.1) is 5.16 Å². The van der Waals surface area contributed by atoms with Gasteiger partial charge in [-0.3, -0.25) is 4.99 Å². The molecule has 2 N–H and O–H groups in total. The second-order valence-corrected chi connectivity index (χ2v) is 2.02. The third-order valence-corrected chi connectivity index (χ3v) is 0.903. The topological polar surface area (TPSA) is 38.4 Å². The van der Waals surface area contributed by atoms with E-state index in [-0.39, 0.29) is 10.3 Å². The minimum absolute atomic E-state index is 0.164. The van der Waals surface area contributed by atoms with Crippen molar-refractivity contribution < 1.29 is 0 Å². The van der Waals surface area contributed by atoms with Crippen molar-refractivity contribution in [3.8, 4) is 0 Å². The van der Waals surface area contributed by atoms with E-state index in [1.54, 1.807) is 0 Å². The number of halogens is 2. The molecule has 0 saturated heterocycles. The normalized spacial score (nSPS) is 13.6. The summed E-state index contributed by atoms with van der Waals surface area (Å²) in [6.07, 6.45) is 2.88. The lowest BCUT2D eigenvalue weighted by molar-refractivity contribution is 1.50. The van der Waals surface area contributed by atoms with Crippen LogP contribution in [0.5, 0.6) is 0 Å². The van der Waals surface area contributed by atoms with E-state index < -0.39 is 0 Å². The fourth-order valence-corrected chi connectivity index (χ4v) is 0.327. The van der Waals surface area contributed by atoms with Crippen LogP contribution in [0.2, 0.25) is 0 Å². The Morgan fingerprint density at radius 2 is 2.00 bits per heavy atom. The lowest BCUT2D eigenvalue weighted by Gasteiger charge is -1.82. The first kappa shape index (κ1) is 8.53. The number of nitrogens with two attached hydrogens (primary N) is 1. The molecule has 0 atom stereocenters. The molecular weight excluding hydrogens is 159 g/mol. The molecule has 0 aromatic rings. The lowest BCUT2D eigenvalue weighted by Crippen LogP contribution is -1.84. The molecule has 2 nitrogen and oxygen atoms in total. The van der Waals surface area contributed by atoms with E-state index in [1.807, 2.05) is 0 Å². The van der Waals surface area contributed by atoms with Gasteiger partial charge in [0.25, 0.3) is 0 Å². The van der Waals surface area contributed by atoms with E-state index in [0.717, 1.165) is 0 Å². The highest BCUT2D eigenvalue weighted by atomic mass is 35.5. The molecule has 0 aromatic carbocycles. The molecule has 0 aromatic heterocycles. The van der Waals surface area contributed by atoms with Gasteiger partial charge in [-0.25, -0.2) is 0 Å². The molecule has 0 rings (SSSR count). The largest absolute Gasteiger partial charge is 0.389 e. The third kappa shape index (κ3) is 5.40. The summed E-state index contributed by atoms with van der Waals surface area (Å²) in [7, 11) is 0. The maximum atomic E-state index is 5.38. The van der Waals surface area contributed by atoms with E-state index in [0.29, 0.717) is 0 Å². The Labute approximate surface area is 63.7 Å². The molecule has 0 unspecified atom stereocenters. The van der Waals surface area contributed by atoms with Gasteiger partial charge < -0.3 is 5.73 Å². The summed E-state index contributed by atoms with van der Waals surface area (Å²) < 4.78 is 0. The number of hydrogen-bond donors (Lipinski definition) is 1. The maximum Gasteiger partial charge on any atom is 0.128 e. The molecule has 0 heterocycles. The van der Waals surface area contributed by atoms with Gasteiger partial charge in [0.15, 0.2) is 0 Å². The van der Waals surface area contributed by atoms with Gasteiger partial charge in [-0.15, -0.1) is 0 Å². The number of nitrogens with zero attached hydrogens (tertiary/aromatic N) is 1. The van der Waals surface area contributed by atoms with Crippen molar-refractivity contribution in [2.75, 3.05) is 0 Å². The Morgan fingerprint density at radius 3 is 2.33 bits per heavy atom. The zero-order chi connectivity index (χ0) is 7.28. The standard InChI is InChI=1S/C5H6Cl2N2/c1-9-5(7)3-2-4(6)8/h2-3H,1,8H2/b4-2-,5-3-. The van der Waals surface area contributed by atoms with E-state index in [1.165, 1.54) is 12.2 Å². The molecular formula is C5H6Cl2N2. The molecule has 0 aliphatic carbocycles. The van der Waals surface area contributed by atoms with Crippen molar-refractivity contribution in [1.29, 1.82) is 0 Å². The van der Waals surface area contributed by atoms with Gasteiger partial charge in [0.2, 0.25) is 0 Å². The highest BCUT2D eigenvalue weighted by molar-refractivity contribution is 6.30. The van der Waals surface area contributed by atoms with Gasteiger partial charge in [-0.2, -0.15) is 0 Å².